The minimum atomic E-state index is 0.589. The molecule has 1 heterocycles. The van der Waals surface area contributed by atoms with Gasteiger partial charge in [-0.3, -0.25) is 4.99 Å². The van der Waals surface area contributed by atoms with Gasteiger partial charge in [-0.25, -0.2) is 0 Å². The van der Waals surface area contributed by atoms with Crippen molar-refractivity contribution in [3.63, 3.8) is 0 Å². The van der Waals surface area contributed by atoms with E-state index in [0.29, 0.717) is 5.41 Å². The van der Waals surface area contributed by atoms with Gasteiger partial charge < -0.3 is 5.32 Å². The van der Waals surface area contributed by atoms with E-state index in [-0.39, 0.29) is 0 Å². The van der Waals surface area contributed by atoms with E-state index in [2.05, 4.69) is 24.2 Å². The molecule has 0 bridgehead atoms. The van der Waals surface area contributed by atoms with E-state index < -0.39 is 0 Å². The Kier molecular flexibility index (Phi) is 2.54. The average Bonchev–Trinajstić information content (AvgIpc) is 2.84. The van der Waals surface area contributed by atoms with Crippen LogP contribution in [0.1, 0.15) is 26.7 Å². The summed E-state index contributed by atoms with van der Waals surface area (Å²) in [6, 6.07) is 0. The molecule has 74 valence electrons. The summed E-state index contributed by atoms with van der Waals surface area (Å²) < 4.78 is 0. The minimum Gasteiger partial charge on any atom is -0.364 e. The highest BCUT2D eigenvalue weighted by Gasteiger charge is 2.37. The molecule has 13 heavy (non-hydrogen) atoms. The molecule has 0 aromatic heterocycles. The second-order valence-electron chi connectivity index (χ2n) is 4.73. The Bertz CT molecular complexity index is 221. The highest BCUT2D eigenvalue weighted by Crippen LogP contribution is 2.44. The lowest BCUT2D eigenvalue weighted by Crippen LogP contribution is -2.30. The van der Waals surface area contributed by atoms with Crippen molar-refractivity contribution in [1.29, 1.82) is 0 Å². The van der Waals surface area contributed by atoms with Crippen LogP contribution in [0.25, 0.3) is 0 Å². The van der Waals surface area contributed by atoms with Crippen LogP contribution in [0.4, 0.5) is 0 Å². The molecule has 0 aromatic carbocycles. The molecular weight excluding hydrogens is 180 g/mol. The second-order valence-corrected chi connectivity index (χ2v) is 5.73. The predicted octanol–water partition coefficient (Wildman–Crippen LogP) is 2.12. The van der Waals surface area contributed by atoms with E-state index in [4.69, 9.17) is 0 Å². The summed E-state index contributed by atoms with van der Waals surface area (Å²) >= 11 is 1.88. The SMILES string of the molecule is CC1CN=C(NCC2(C)CC2)SC1. The number of aliphatic imine (C=N–C) groups is 1. The molecular formula is C10H18N2S. The molecule has 2 aliphatic rings. The number of rotatable bonds is 2. The predicted molar refractivity (Wildman–Crippen MR) is 59.3 cm³/mol. The van der Waals surface area contributed by atoms with Crippen LogP contribution in [0.15, 0.2) is 4.99 Å². The van der Waals surface area contributed by atoms with Crippen LogP contribution in [0.3, 0.4) is 0 Å². The van der Waals surface area contributed by atoms with Gasteiger partial charge in [0, 0.05) is 18.8 Å². The van der Waals surface area contributed by atoms with E-state index in [0.717, 1.165) is 19.0 Å². The summed E-state index contributed by atoms with van der Waals surface area (Å²) in [5, 5.41) is 4.63. The third-order valence-electron chi connectivity index (χ3n) is 2.82. The average molecular weight is 198 g/mol. The Morgan fingerprint density at radius 3 is 2.92 bits per heavy atom. The van der Waals surface area contributed by atoms with Gasteiger partial charge in [0.2, 0.25) is 0 Å². The third-order valence-corrected chi connectivity index (χ3v) is 4.10. The molecule has 0 spiro atoms. The van der Waals surface area contributed by atoms with Crippen LogP contribution < -0.4 is 5.32 Å². The molecule has 3 heteroatoms. The standard InChI is InChI=1S/C10H18N2S/c1-8-5-11-9(13-6-8)12-7-10(2)3-4-10/h8H,3-7H2,1-2H3,(H,11,12). The van der Waals surface area contributed by atoms with Crippen LogP contribution in [0.5, 0.6) is 0 Å². The second kappa shape index (κ2) is 3.52. The van der Waals surface area contributed by atoms with E-state index in [1.54, 1.807) is 0 Å². The van der Waals surface area contributed by atoms with Crippen molar-refractivity contribution in [2.75, 3.05) is 18.8 Å². The van der Waals surface area contributed by atoms with E-state index in [1.165, 1.54) is 23.8 Å². The summed E-state index contributed by atoms with van der Waals surface area (Å²) in [4.78, 5) is 4.51. The fourth-order valence-electron chi connectivity index (χ4n) is 1.34. The van der Waals surface area contributed by atoms with Gasteiger partial charge in [-0.2, -0.15) is 0 Å². The number of nitrogens with one attached hydrogen (secondary N) is 1. The van der Waals surface area contributed by atoms with Crippen molar-refractivity contribution in [3.05, 3.63) is 0 Å². The maximum Gasteiger partial charge on any atom is 0.156 e. The van der Waals surface area contributed by atoms with Crippen LogP contribution in [0.2, 0.25) is 0 Å². The van der Waals surface area contributed by atoms with Crippen molar-refractivity contribution < 1.29 is 0 Å². The molecule has 1 saturated carbocycles. The van der Waals surface area contributed by atoms with Gasteiger partial charge in [-0.15, -0.1) is 0 Å². The Morgan fingerprint density at radius 2 is 2.38 bits per heavy atom. The first kappa shape index (κ1) is 9.38. The summed E-state index contributed by atoms with van der Waals surface area (Å²) in [7, 11) is 0. The van der Waals surface area contributed by atoms with Gasteiger partial charge in [-0.05, 0) is 24.2 Å². The first-order valence-corrected chi connectivity index (χ1v) is 6.08. The Morgan fingerprint density at radius 1 is 1.62 bits per heavy atom. The smallest absolute Gasteiger partial charge is 0.156 e. The number of nitrogens with zero attached hydrogens (tertiary/aromatic N) is 1. The molecule has 1 aliphatic carbocycles. The van der Waals surface area contributed by atoms with Gasteiger partial charge in [0.25, 0.3) is 0 Å². The molecule has 2 rings (SSSR count). The zero-order valence-electron chi connectivity index (χ0n) is 8.47. The maximum absolute atomic E-state index is 4.51. The zero-order valence-corrected chi connectivity index (χ0v) is 9.28. The monoisotopic (exact) mass is 198 g/mol. The third kappa shape index (κ3) is 2.63. The van der Waals surface area contributed by atoms with Crippen LogP contribution in [-0.4, -0.2) is 24.0 Å². The molecule has 0 radical (unpaired) electrons. The van der Waals surface area contributed by atoms with Crippen molar-refractivity contribution in [2.24, 2.45) is 16.3 Å². The Hall–Kier alpha value is -0.180. The topological polar surface area (TPSA) is 24.4 Å². The van der Waals surface area contributed by atoms with Crippen molar-refractivity contribution >= 4 is 16.9 Å². The number of hydrogen-bond acceptors (Lipinski definition) is 3. The van der Waals surface area contributed by atoms with Gasteiger partial charge >= 0.3 is 0 Å². The summed E-state index contributed by atoms with van der Waals surface area (Å²) in [6.07, 6.45) is 2.77. The molecule has 1 aliphatic heterocycles. The molecule has 2 nitrogen and oxygen atoms in total. The van der Waals surface area contributed by atoms with Crippen molar-refractivity contribution in [1.82, 2.24) is 5.32 Å². The van der Waals surface area contributed by atoms with Crippen molar-refractivity contribution in [2.45, 2.75) is 26.7 Å². The van der Waals surface area contributed by atoms with Gasteiger partial charge in [0.1, 0.15) is 0 Å². The van der Waals surface area contributed by atoms with Crippen molar-refractivity contribution in [3.8, 4) is 0 Å². The Balaban J connectivity index is 1.75. The minimum absolute atomic E-state index is 0.589. The summed E-state index contributed by atoms with van der Waals surface area (Å²) in [5.74, 6) is 1.98. The largest absolute Gasteiger partial charge is 0.364 e. The molecule has 0 saturated heterocycles. The molecule has 0 amide bonds. The number of hydrogen-bond donors (Lipinski definition) is 1. The molecule has 0 aromatic rings. The van der Waals surface area contributed by atoms with Gasteiger partial charge in [0.15, 0.2) is 5.17 Å². The first-order chi connectivity index (χ1) is 6.18. The fourth-order valence-corrected chi connectivity index (χ4v) is 2.23. The van der Waals surface area contributed by atoms with Gasteiger partial charge in [-0.1, -0.05) is 25.6 Å². The molecule has 1 fully saturated rings. The summed E-state index contributed by atoms with van der Waals surface area (Å²) in [6.45, 7) is 6.73. The lowest BCUT2D eigenvalue weighted by molar-refractivity contribution is 0.555. The first-order valence-electron chi connectivity index (χ1n) is 5.09. The highest BCUT2D eigenvalue weighted by atomic mass is 32.2. The lowest BCUT2D eigenvalue weighted by Gasteiger charge is -2.19. The van der Waals surface area contributed by atoms with E-state index in [1.807, 2.05) is 11.8 Å². The van der Waals surface area contributed by atoms with E-state index in [9.17, 15) is 0 Å². The lowest BCUT2D eigenvalue weighted by atomic mass is 10.1. The summed E-state index contributed by atoms with van der Waals surface area (Å²) in [5.41, 5.74) is 0.589. The molecule has 1 N–H and O–H groups in total. The quantitative estimate of drug-likeness (QED) is 0.735. The maximum atomic E-state index is 4.51. The Labute approximate surface area is 84.6 Å². The van der Waals surface area contributed by atoms with Crippen LogP contribution in [-0.2, 0) is 0 Å². The van der Waals surface area contributed by atoms with Crippen LogP contribution in [0, 0.1) is 11.3 Å². The number of amidine groups is 1. The highest BCUT2D eigenvalue weighted by molar-refractivity contribution is 8.13. The molecule has 1 unspecified atom stereocenters. The fraction of sp³-hybridized carbons (Fsp3) is 0.900. The molecule has 1 atom stereocenters. The van der Waals surface area contributed by atoms with Crippen LogP contribution >= 0.6 is 11.8 Å². The van der Waals surface area contributed by atoms with E-state index >= 15 is 0 Å². The normalized spacial score (nSPS) is 30.9. The zero-order chi connectivity index (χ0) is 9.31. The van der Waals surface area contributed by atoms with Gasteiger partial charge in [0.05, 0.1) is 0 Å². The number of thioether (sulfide) groups is 1.